The molecule has 0 fully saturated rings. The van der Waals surface area contributed by atoms with Crippen LogP contribution in [0.15, 0.2) is 89.8 Å². The zero-order chi connectivity index (χ0) is 43.9. The lowest BCUT2D eigenvalue weighted by atomic mass is 9.88. The Kier molecular flexibility index (Phi) is 15.1. The molecule has 5 N–H and O–H groups in total. The molecule has 0 aromatic heterocycles. The Labute approximate surface area is 356 Å². The maximum Gasteiger partial charge on any atom is 0.227 e. The summed E-state index contributed by atoms with van der Waals surface area (Å²) in [5, 5.41) is 25.5. The fraction of sp³-hybridized carbons (Fsp3) is 0.370. The number of amides is 2. The van der Waals surface area contributed by atoms with E-state index in [2.05, 4.69) is 5.32 Å². The number of rotatable bonds is 14. The molecule has 60 heavy (non-hydrogen) atoms. The molecular formula is C46H52ClN3O9S. The Morgan fingerprint density at radius 1 is 0.883 bits per heavy atom. The molecule has 12 nitrogen and oxygen atoms in total. The second-order valence-electron chi connectivity index (χ2n) is 15.8. The molecule has 0 aliphatic carbocycles. The summed E-state index contributed by atoms with van der Waals surface area (Å²) in [6, 6.07) is 19.8. The summed E-state index contributed by atoms with van der Waals surface area (Å²) in [6.45, 7) is 4.85. The molecule has 0 radical (unpaired) electrons. The van der Waals surface area contributed by atoms with Crippen molar-refractivity contribution < 1.29 is 42.6 Å². The molecule has 4 bridgehead atoms. The van der Waals surface area contributed by atoms with Crippen molar-refractivity contribution in [2.75, 3.05) is 19.3 Å². The molecule has 1 aliphatic heterocycles. The predicted molar refractivity (Wildman–Crippen MR) is 230 cm³/mol. The van der Waals surface area contributed by atoms with Crippen LogP contribution in [0.4, 0.5) is 0 Å². The van der Waals surface area contributed by atoms with Gasteiger partial charge in [0.15, 0.2) is 21.4 Å². The molecule has 0 saturated carbocycles. The number of nitrogens with one attached hydrogen (secondary N) is 1. The normalized spacial score (nSPS) is 18.1. The molecule has 1 heterocycles. The minimum absolute atomic E-state index is 0.00437. The van der Waals surface area contributed by atoms with E-state index in [1.54, 1.807) is 43.3 Å². The predicted octanol–water partition coefficient (Wildman–Crippen LogP) is 6.62. The van der Waals surface area contributed by atoms with E-state index >= 15 is 0 Å². The second kappa shape index (κ2) is 19.8. The van der Waals surface area contributed by atoms with E-state index < -0.39 is 68.8 Å². The van der Waals surface area contributed by atoms with Crippen LogP contribution in [0.1, 0.15) is 70.0 Å². The van der Waals surface area contributed by atoms with Crippen molar-refractivity contribution in [3.63, 3.8) is 0 Å². The summed E-state index contributed by atoms with van der Waals surface area (Å²) in [4.78, 5) is 69.6. The van der Waals surface area contributed by atoms with Crippen LogP contribution in [0.3, 0.4) is 0 Å². The Morgan fingerprint density at radius 2 is 1.48 bits per heavy atom. The van der Waals surface area contributed by atoms with Crippen LogP contribution in [0.5, 0.6) is 11.5 Å². The summed E-state index contributed by atoms with van der Waals surface area (Å²) in [5.74, 6) is -6.05. The number of Topliss-reactive ketones (excluding diaryl/α,β-unsaturated/α-hetero) is 3. The Morgan fingerprint density at radius 3 is 2.10 bits per heavy atom. The summed E-state index contributed by atoms with van der Waals surface area (Å²) in [5.41, 5.74) is 8.48. The number of carbonyl (C=O) groups excluding carboxylic acids is 5. The fourth-order valence-electron chi connectivity index (χ4n) is 7.47. The molecule has 4 aromatic carbocycles. The number of phenolic OH excluding ortho intramolecular Hbond substituents is 2. The van der Waals surface area contributed by atoms with Crippen LogP contribution in [0.2, 0.25) is 5.02 Å². The van der Waals surface area contributed by atoms with E-state index in [1.165, 1.54) is 62.2 Å². The van der Waals surface area contributed by atoms with Crippen molar-refractivity contribution in [3.05, 3.63) is 101 Å². The highest BCUT2D eigenvalue weighted by Crippen LogP contribution is 2.40. The van der Waals surface area contributed by atoms with Crippen molar-refractivity contribution in [2.45, 2.75) is 76.3 Å². The topological polar surface area (TPSA) is 201 Å². The summed E-state index contributed by atoms with van der Waals surface area (Å²) < 4.78 is 28.0. The van der Waals surface area contributed by atoms with Crippen molar-refractivity contribution in [1.29, 1.82) is 0 Å². The number of fused-ring (bicyclic) bond motifs is 5. The minimum Gasteiger partial charge on any atom is -0.507 e. The largest absolute Gasteiger partial charge is 0.507 e. The van der Waals surface area contributed by atoms with Gasteiger partial charge in [-0.3, -0.25) is 24.0 Å². The van der Waals surface area contributed by atoms with Crippen LogP contribution in [0.25, 0.3) is 22.3 Å². The number of unbranched alkanes of at least 4 members (excludes halogenated alkanes) is 1. The van der Waals surface area contributed by atoms with E-state index in [0.29, 0.717) is 30.0 Å². The van der Waals surface area contributed by atoms with Gasteiger partial charge in [-0.15, -0.1) is 0 Å². The van der Waals surface area contributed by atoms with Crippen LogP contribution < -0.4 is 11.1 Å². The molecule has 5 atom stereocenters. The second-order valence-corrected chi connectivity index (χ2v) is 18.3. The zero-order valence-electron chi connectivity index (χ0n) is 34.2. The third-order valence-corrected chi connectivity index (χ3v) is 13.3. The number of likely N-dealkylation sites (N-methyl/N-ethyl adjacent to an activating group) is 1. The highest BCUT2D eigenvalue weighted by Gasteiger charge is 2.37. The van der Waals surface area contributed by atoms with E-state index in [-0.39, 0.29) is 64.6 Å². The van der Waals surface area contributed by atoms with E-state index in [9.17, 15) is 42.6 Å². The lowest BCUT2D eigenvalue weighted by Gasteiger charge is -2.32. The number of sulfone groups is 1. The molecule has 4 aromatic rings. The number of phenols is 2. The van der Waals surface area contributed by atoms with E-state index in [4.69, 9.17) is 17.3 Å². The van der Waals surface area contributed by atoms with Gasteiger partial charge in [0.1, 0.15) is 23.3 Å². The Balaban J connectivity index is 1.52. The molecular weight excluding hydrogens is 806 g/mol. The highest BCUT2D eigenvalue weighted by molar-refractivity contribution is 7.91. The first-order chi connectivity index (χ1) is 28.4. The third-order valence-electron chi connectivity index (χ3n) is 11.2. The average molecular weight is 858 g/mol. The van der Waals surface area contributed by atoms with Crippen molar-refractivity contribution >= 4 is 50.6 Å². The molecule has 5 rings (SSSR count). The van der Waals surface area contributed by atoms with Gasteiger partial charge in [0.2, 0.25) is 11.8 Å². The molecule has 1 aliphatic rings. The smallest absolute Gasteiger partial charge is 0.227 e. The third kappa shape index (κ3) is 11.1. The summed E-state index contributed by atoms with van der Waals surface area (Å²) in [7, 11) is -2.64. The number of hydrogen-bond donors (Lipinski definition) is 4. The maximum absolute atomic E-state index is 14.6. The molecule has 0 unspecified atom stereocenters. The fourth-order valence-corrected chi connectivity index (χ4v) is 9.17. The first-order valence-electron chi connectivity index (χ1n) is 20.0. The number of aromatic hydroxyl groups is 2. The van der Waals surface area contributed by atoms with Crippen molar-refractivity contribution in [2.24, 2.45) is 23.5 Å². The Hall–Kier alpha value is -5.37. The van der Waals surface area contributed by atoms with Gasteiger partial charge in [-0.1, -0.05) is 68.3 Å². The average Bonchev–Trinajstić information content (AvgIpc) is 3.21. The SMILES string of the molecule is CC(=O)[C@H](C)CC(=O)[C@@H]1Cc2ccc(O)c(c2)-c2cc(ccc2O)[C@H](N(C)C(=O)[C@H](CCCCN)CS(=O)(=O)c2ccc(-c3ccc(Cl)cc3)cc2)C(=O)C[C@@H](C)C(=O)N1. The number of halogens is 1. The maximum atomic E-state index is 14.6. The van der Waals surface area contributed by atoms with E-state index in [1.807, 2.05) is 12.1 Å². The van der Waals surface area contributed by atoms with Crippen LogP contribution in [-0.2, 0) is 40.2 Å². The van der Waals surface area contributed by atoms with Gasteiger partial charge in [-0.05, 0) is 104 Å². The van der Waals surface area contributed by atoms with Crippen LogP contribution in [-0.4, -0.2) is 78.1 Å². The number of carbonyl (C=O) groups is 5. The lowest BCUT2D eigenvalue weighted by Crippen LogP contribution is -2.46. The van der Waals surface area contributed by atoms with Gasteiger partial charge in [0.05, 0.1) is 22.6 Å². The van der Waals surface area contributed by atoms with Crippen LogP contribution >= 0.6 is 11.6 Å². The molecule has 0 saturated heterocycles. The van der Waals surface area contributed by atoms with Gasteiger partial charge in [-0.2, -0.15) is 0 Å². The molecule has 318 valence electrons. The summed E-state index contributed by atoms with van der Waals surface area (Å²) in [6.07, 6.45) is 0.617. The lowest BCUT2D eigenvalue weighted by molar-refractivity contribution is -0.142. The minimum atomic E-state index is -4.05. The Bertz CT molecular complexity index is 2350. The molecule has 2 amide bonds. The van der Waals surface area contributed by atoms with Crippen molar-refractivity contribution in [1.82, 2.24) is 10.2 Å². The summed E-state index contributed by atoms with van der Waals surface area (Å²) >= 11 is 6.03. The first-order valence-corrected chi connectivity index (χ1v) is 22.0. The van der Waals surface area contributed by atoms with Gasteiger partial charge in [-0.25, -0.2) is 8.42 Å². The van der Waals surface area contributed by atoms with Crippen molar-refractivity contribution in [3.8, 4) is 33.8 Å². The van der Waals surface area contributed by atoms with Gasteiger partial charge < -0.3 is 26.2 Å². The van der Waals surface area contributed by atoms with Gasteiger partial charge >= 0.3 is 0 Å². The number of benzene rings is 4. The number of nitrogens with zero attached hydrogens (tertiary/aromatic N) is 1. The quantitative estimate of drug-likeness (QED) is 0.0999. The van der Waals surface area contributed by atoms with E-state index in [0.717, 1.165) is 11.1 Å². The number of nitrogens with two attached hydrogens (primary N) is 1. The van der Waals surface area contributed by atoms with Gasteiger partial charge in [0.25, 0.3) is 0 Å². The van der Waals surface area contributed by atoms with Crippen LogP contribution in [0, 0.1) is 17.8 Å². The number of ketones is 3. The number of hydrogen-bond acceptors (Lipinski definition) is 10. The van der Waals surface area contributed by atoms with Gasteiger partial charge in [0, 0.05) is 47.9 Å². The standard InChI is InChI=1S/C46H52ClN3O9S/c1-27(29(3)51)21-42(54)39-24-30-8-18-40(52)37(23-30)38-25-33(13-19-41(38)53)44(43(55)22-28(2)45(56)49-39)50(4)46(57)34(7-5-6-20-48)26-60(58,59)36-16-11-32(12-17-36)31-9-14-35(47)15-10-31/h8-19,23,25,27-28,34,39,44,52-53H,5-7,20-22,24,26,48H2,1-4H3,(H,49,56)/t27-,28-,34-,39+,44+/m1/s1. The highest BCUT2D eigenvalue weighted by atomic mass is 35.5. The molecule has 14 heteroatoms. The first kappa shape index (κ1) is 45.7. The molecule has 0 spiro atoms. The zero-order valence-corrected chi connectivity index (χ0v) is 35.8. The monoisotopic (exact) mass is 857 g/mol.